The third-order valence-electron chi connectivity index (χ3n) is 10.8. The van der Waals surface area contributed by atoms with Crippen LogP contribution in [-0.4, -0.2) is 106 Å². The summed E-state index contributed by atoms with van der Waals surface area (Å²) in [5.74, 6) is 4.44. The van der Waals surface area contributed by atoms with Gasteiger partial charge in [0.25, 0.3) is 0 Å². The summed E-state index contributed by atoms with van der Waals surface area (Å²) in [5, 5.41) is 20.4. The first-order valence-electron chi connectivity index (χ1n) is 18.2. The molecule has 6 bridgehead atoms. The predicted molar refractivity (Wildman–Crippen MR) is 201 cm³/mol. The summed E-state index contributed by atoms with van der Waals surface area (Å²) in [5.41, 5.74) is 7.06. The number of nitrogens with zero attached hydrogens (tertiary/aromatic N) is 3. The van der Waals surface area contributed by atoms with E-state index in [9.17, 15) is 10.2 Å². The molecule has 0 fully saturated rings. The molecule has 8 rings (SSSR count). The summed E-state index contributed by atoms with van der Waals surface area (Å²) in [4.78, 5) is 6.66. The second-order valence-corrected chi connectivity index (χ2v) is 14.4. The van der Waals surface area contributed by atoms with Crippen molar-refractivity contribution in [3.8, 4) is 40.2 Å². The molecule has 0 saturated carbocycles. The molecule has 1 unspecified atom stereocenters. The third-order valence-corrected chi connectivity index (χ3v) is 10.8. The van der Waals surface area contributed by atoms with E-state index in [1.165, 1.54) is 16.7 Å². The van der Waals surface area contributed by atoms with Crippen molar-refractivity contribution in [1.29, 1.82) is 0 Å². The maximum atomic E-state index is 11.0. The van der Waals surface area contributed by atoms with E-state index >= 15 is 0 Å². The van der Waals surface area contributed by atoms with E-state index < -0.39 is 6.10 Å². The Morgan fingerprint density at radius 2 is 1.50 bits per heavy atom. The molecule has 2 N–H and O–H groups in total. The molecule has 10 heteroatoms. The van der Waals surface area contributed by atoms with Crippen molar-refractivity contribution in [2.75, 3.05) is 74.8 Å². The molecule has 0 amide bonds. The Labute approximate surface area is 307 Å². The van der Waals surface area contributed by atoms with E-state index in [-0.39, 0.29) is 25.3 Å². The molecule has 4 aromatic rings. The number of hydrogen-bond donors (Lipinski definition) is 2. The van der Waals surface area contributed by atoms with Crippen molar-refractivity contribution in [3.05, 3.63) is 100 Å². The van der Waals surface area contributed by atoms with Gasteiger partial charge in [0.2, 0.25) is 5.75 Å². The van der Waals surface area contributed by atoms with Gasteiger partial charge in [-0.25, -0.2) is 0 Å². The van der Waals surface area contributed by atoms with Crippen LogP contribution in [0.2, 0.25) is 0 Å². The lowest BCUT2D eigenvalue weighted by Gasteiger charge is -2.37. The first-order valence-corrected chi connectivity index (χ1v) is 18.2. The Morgan fingerprint density at radius 1 is 0.808 bits per heavy atom. The fourth-order valence-corrected chi connectivity index (χ4v) is 7.87. The molecule has 276 valence electrons. The summed E-state index contributed by atoms with van der Waals surface area (Å²) >= 11 is 0. The lowest BCUT2D eigenvalue weighted by atomic mass is 9.87. The van der Waals surface area contributed by atoms with Crippen molar-refractivity contribution in [2.24, 2.45) is 0 Å². The third kappa shape index (κ3) is 7.58. The number of benzene rings is 4. The predicted octanol–water partition coefficient (Wildman–Crippen LogP) is 5.81. The smallest absolute Gasteiger partial charge is 0.204 e. The molecule has 52 heavy (non-hydrogen) atoms. The summed E-state index contributed by atoms with van der Waals surface area (Å²) in [6, 6.07) is 23.2. The summed E-state index contributed by atoms with van der Waals surface area (Å²) in [6.07, 6.45) is 2.50. The molecule has 0 saturated heterocycles. The largest absolute Gasteiger partial charge is 0.493 e. The number of rotatable bonds is 9. The minimum atomic E-state index is -0.797. The molecule has 0 aliphatic carbocycles. The van der Waals surface area contributed by atoms with Crippen molar-refractivity contribution >= 4 is 0 Å². The van der Waals surface area contributed by atoms with Gasteiger partial charge in [-0.1, -0.05) is 24.3 Å². The van der Waals surface area contributed by atoms with Gasteiger partial charge in [-0.2, -0.15) is 0 Å². The summed E-state index contributed by atoms with van der Waals surface area (Å²) in [7, 11) is 9.51. The fourth-order valence-electron chi connectivity index (χ4n) is 7.87. The van der Waals surface area contributed by atoms with Crippen molar-refractivity contribution in [3.63, 3.8) is 0 Å². The van der Waals surface area contributed by atoms with Crippen LogP contribution in [0.4, 0.5) is 0 Å². The van der Waals surface area contributed by atoms with Gasteiger partial charge >= 0.3 is 0 Å². The quantitative estimate of drug-likeness (QED) is 0.222. The van der Waals surface area contributed by atoms with Crippen LogP contribution in [0.1, 0.15) is 45.5 Å². The van der Waals surface area contributed by atoms with Gasteiger partial charge in [0.15, 0.2) is 23.0 Å². The summed E-state index contributed by atoms with van der Waals surface area (Å²) < 4.78 is 31.8. The monoisotopic (exact) mass is 709 g/mol. The average molecular weight is 710 g/mol. The molecule has 4 heterocycles. The lowest BCUT2D eigenvalue weighted by molar-refractivity contribution is 0.0689. The van der Waals surface area contributed by atoms with E-state index in [0.717, 1.165) is 60.5 Å². The second-order valence-electron chi connectivity index (χ2n) is 14.4. The molecule has 0 aromatic heterocycles. The number of aliphatic hydroxyl groups is 2. The van der Waals surface area contributed by atoms with Gasteiger partial charge in [0, 0.05) is 43.8 Å². The topological polar surface area (TPSA) is 96.3 Å². The Hall–Kier alpha value is -4.32. The Morgan fingerprint density at radius 3 is 2.25 bits per heavy atom. The van der Waals surface area contributed by atoms with Crippen molar-refractivity contribution in [2.45, 2.75) is 43.9 Å². The van der Waals surface area contributed by atoms with Crippen molar-refractivity contribution in [1.82, 2.24) is 14.7 Å². The first-order chi connectivity index (χ1) is 25.2. The molecule has 10 nitrogen and oxygen atoms in total. The second kappa shape index (κ2) is 15.7. The van der Waals surface area contributed by atoms with Gasteiger partial charge in [-0.05, 0) is 117 Å². The van der Waals surface area contributed by atoms with Gasteiger partial charge in [-0.15, -0.1) is 0 Å². The van der Waals surface area contributed by atoms with Crippen LogP contribution in [-0.2, 0) is 25.7 Å². The van der Waals surface area contributed by atoms with Gasteiger partial charge in [0.1, 0.15) is 24.2 Å². The van der Waals surface area contributed by atoms with Crippen LogP contribution < -0.4 is 23.7 Å². The van der Waals surface area contributed by atoms with Crippen LogP contribution in [0.3, 0.4) is 0 Å². The van der Waals surface area contributed by atoms with Gasteiger partial charge in [0.05, 0.1) is 20.8 Å². The SMILES string of the molecule is COc1ccc2cc1Oc1ccc(cc1)C[C@H]1c3cc(ccc3CCN1C)Oc1c(OCC(O)CN(C)CCO)c(OC)cc3c1[C@H](C2)N(C)CC3. The number of methoxy groups -OCH3 is 2. The highest BCUT2D eigenvalue weighted by atomic mass is 16.5. The zero-order valence-corrected chi connectivity index (χ0v) is 30.9. The van der Waals surface area contributed by atoms with Crippen LogP contribution in [0.25, 0.3) is 0 Å². The van der Waals surface area contributed by atoms with Crippen LogP contribution in [0.5, 0.6) is 40.2 Å². The molecule has 3 atom stereocenters. The van der Waals surface area contributed by atoms with Crippen LogP contribution in [0, 0.1) is 0 Å². The van der Waals surface area contributed by atoms with Crippen LogP contribution in [0.15, 0.2) is 66.7 Å². The minimum Gasteiger partial charge on any atom is -0.493 e. The maximum Gasteiger partial charge on any atom is 0.204 e. The zero-order chi connectivity index (χ0) is 36.4. The van der Waals surface area contributed by atoms with Crippen molar-refractivity contribution < 1.29 is 33.9 Å². The highest BCUT2D eigenvalue weighted by Crippen LogP contribution is 2.51. The van der Waals surface area contributed by atoms with E-state index in [1.54, 1.807) is 14.2 Å². The molecule has 4 aromatic carbocycles. The van der Waals surface area contributed by atoms with Gasteiger partial charge in [-0.3, -0.25) is 9.80 Å². The highest BCUT2D eigenvalue weighted by Gasteiger charge is 2.34. The molecule has 0 radical (unpaired) electrons. The molecular formula is C42H51N3O7. The van der Waals surface area contributed by atoms with Gasteiger partial charge < -0.3 is 38.8 Å². The number of ether oxygens (including phenoxy) is 5. The van der Waals surface area contributed by atoms with E-state index in [2.05, 4.69) is 72.4 Å². The number of likely N-dealkylation sites (N-methyl/N-ethyl adjacent to an activating group) is 3. The molecule has 4 aliphatic rings. The number of hydrogen-bond acceptors (Lipinski definition) is 10. The molecular weight excluding hydrogens is 658 g/mol. The van der Waals surface area contributed by atoms with E-state index in [1.807, 2.05) is 30.1 Å². The fraction of sp³-hybridized carbons (Fsp3) is 0.429. The normalized spacial score (nSPS) is 19.2. The lowest BCUT2D eigenvalue weighted by Crippen LogP contribution is -2.35. The zero-order valence-electron chi connectivity index (χ0n) is 30.9. The Kier molecular flexibility index (Phi) is 10.9. The molecule has 4 aliphatic heterocycles. The average Bonchev–Trinajstić information content (AvgIpc) is 3.14. The van der Waals surface area contributed by atoms with E-state index in [0.29, 0.717) is 48.3 Å². The number of fused-ring (bicyclic) bond motifs is 2. The Balaban J connectivity index is 1.38. The van der Waals surface area contributed by atoms with E-state index in [4.69, 9.17) is 23.7 Å². The Bertz CT molecular complexity index is 1870. The maximum absolute atomic E-state index is 11.0. The first kappa shape index (κ1) is 36.1. The number of aliphatic hydroxyl groups excluding tert-OH is 2. The highest BCUT2D eigenvalue weighted by molar-refractivity contribution is 5.63. The standard InChI is InChI=1S/C42H51N3O7/c1-43(18-19-46)25-31(47)26-50-41-39(49-5)23-30-15-17-45(3)36-21-28-8-13-37(48-4)38(22-28)51-32-10-6-27(7-11-32)20-35-34-24-33(52-42(41)40(30)36)12-9-29(34)14-16-44(35)2/h6-13,22-24,31,35-36,46-47H,14-21,25-26H2,1-5H3/t31?,35-,36-/m0/s1. The molecule has 0 spiro atoms. The minimum absolute atomic E-state index is 0.0149. The summed E-state index contributed by atoms with van der Waals surface area (Å²) in [6.45, 7) is 2.67. The van der Waals surface area contributed by atoms with Crippen LogP contribution >= 0.6 is 0 Å².